The van der Waals surface area contributed by atoms with E-state index in [0.29, 0.717) is 30.3 Å². The van der Waals surface area contributed by atoms with Crippen LogP contribution in [0.1, 0.15) is 48.1 Å². The Labute approximate surface area is 165 Å². The number of benzene rings is 1. The van der Waals surface area contributed by atoms with Crippen LogP contribution in [0.3, 0.4) is 0 Å². The molecule has 0 saturated carbocycles. The minimum atomic E-state index is -0.584. The summed E-state index contributed by atoms with van der Waals surface area (Å²) in [5.74, 6) is 1.77. The molecule has 6 nitrogen and oxygen atoms in total. The molecule has 28 heavy (non-hydrogen) atoms. The lowest BCUT2D eigenvalue weighted by Gasteiger charge is -2.33. The lowest BCUT2D eigenvalue weighted by Crippen LogP contribution is -2.56. The number of carbonyl (C=O) groups excluding carboxylic acids is 2. The van der Waals surface area contributed by atoms with E-state index in [-0.39, 0.29) is 17.7 Å². The second-order valence-corrected chi connectivity index (χ2v) is 8.33. The molecule has 3 heterocycles. The summed E-state index contributed by atoms with van der Waals surface area (Å²) in [7, 11) is 0. The molecule has 4 rings (SSSR count). The third-order valence-corrected chi connectivity index (χ3v) is 6.03. The molecule has 0 aliphatic carbocycles. The van der Waals surface area contributed by atoms with E-state index in [1.165, 1.54) is 0 Å². The summed E-state index contributed by atoms with van der Waals surface area (Å²) < 4.78 is 5.74. The van der Waals surface area contributed by atoms with E-state index in [2.05, 4.69) is 22.5 Å². The minimum absolute atomic E-state index is 0.0350. The second kappa shape index (κ2) is 7.09. The number of amides is 2. The maximum atomic E-state index is 12.9. The number of nitrogens with zero attached hydrogens (tertiary/aromatic N) is 1. The van der Waals surface area contributed by atoms with Gasteiger partial charge in [-0.3, -0.25) is 9.59 Å². The molecule has 6 heteroatoms. The molecule has 2 amide bonds. The third kappa shape index (κ3) is 3.44. The fourth-order valence-corrected chi connectivity index (χ4v) is 4.34. The lowest BCUT2D eigenvalue weighted by atomic mass is 9.86. The molecule has 2 aromatic rings. The van der Waals surface area contributed by atoms with E-state index < -0.39 is 5.54 Å². The largest absolute Gasteiger partial charge is 0.466 e. The SMILES string of the molecule is Cc1ccc(C(C)CCN2C[C@H]3C(=O)Nc4ccccc4C(=O)N[C@@]3(C)C2)o1. The zero-order valence-corrected chi connectivity index (χ0v) is 16.6. The maximum absolute atomic E-state index is 12.9. The highest BCUT2D eigenvalue weighted by atomic mass is 16.3. The van der Waals surface area contributed by atoms with Gasteiger partial charge in [0.1, 0.15) is 11.5 Å². The Morgan fingerprint density at radius 3 is 2.79 bits per heavy atom. The van der Waals surface area contributed by atoms with Crippen LogP contribution >= 0.6 is 0 Å². The number of hydrogen-bond acceptors (Lipinski definition) is 4. The number of rotatable bonds is 4. The van der Waals surface area contributed by atoms with E-state index in [0.717, 1.165) is 24.5 Å². The number of furan rings is 1. The van der Waals surface area contributed by atoms with Gasteiger partial charge < -0.3 is 20.0 Å². The fourth-order valence-electron chi connectivity index (χ4n) is 4.34. The quantitative estimate of drug-likeness (QED) is 0.853. The number of para-hydroxylation sites is 1. The second-order valence-electron chi connectivity index (χ2n) is 8.33. The summed E-state index contributed by atoms with van der Waals surface area (Å²) in [4.78, 5) is 28.0. The monoisotopic (exact) mass is 381 g/mol. The van der Waals surface area contributed by atoms with Crippen molar-refractivity contribution in [3.8, 4) is 0 Å². The minimum Gasteiger partial charge on any atom is -0.466 e. The summed E-state index contributed by atoms with van der Waals surface area (Å²) in [6.07, 6.45) is 0.936. The Morgan fingerprint density at radius 2 is 2.04 bits per heavy atom. The summed E-state index contributed by atoms with van der Waals surface area (Å²) in [5.41, 5.74) is 0.502. The average molecular weight is 381 g/mol. The number of nitrogens with one attached hydrogen (secondary N) is 2. The molecule has 1 saturated heterocycles. The van der Waals surface area contributed by atoms with Gasteiger partial charge in [-0.25, -0.2) is 0 Å². The predicted octanol–water partition coefficient (Wildman–Crippen LogP) is 3.15. The highest BCUT2D eigenvalue weighted by Gasteiger charge is 2.49. The molecule has 3 atom stereocenters. The summed E-state index contributed by atoms with van der Waals surface area (Å²) in [6, 6.07) is 11.2. The summed E-state index contributed by atoms with van der Waals surface area (Å²) >= 11 is 0. The van der Waals surface area contributed by atoms with Crippen molar-refractivity contribution < 1.29 is 14.0 Å². The van der Waals surface area contributed by atoms with Crippen LogP contribution in [0.2, 0.25) is 0 Å². The van der Waals surface area contributed by atoms with Crippen LogP contribution in [0.4, 0.5) is 5.69 Å². The van der Waals surface area contributed by atoms with E-state index in [1.807, 2.05) is 38.1 Å². The molecular formula is C22H27N3O3. The van der Waals surface area contributed by atoms with Crippen molar-refractivity contribution >= 4 is 17.5 Å². The normalized spacial score (nSPS) is 25.9. The molecule has 1 aromatic carbocycles. The van der Waals surface area contributed by atoms with Crippen LogP contribution in [0, 0.1) is 12.8 Å². The van der Waals surface area contributed by atoms with Crippen molar-refractivity contribution in [1.82, 2.24) is 10.2 Å². The average Bonchev–Trinajstić information content (AvgIpc) is 3.22. The number of likely N-dealkylation sites (tertiary alicyclic amines) is 1. The third-order valence-electron chi connectivity index (χ3n) is 6.03. The number of carbonyl (C=O) groups is 2. The number of hydrogen-bond donors (Lipinski definition) is 2. The standard InChI is InChI=1S/C22H27N3O3/c1-14(19-9-8-15(2)28-19)10-11-25-12-17-21(27)23-18-7-5-4-6-16(18)20(26)24-22(17,3)13-25/h4-9,14,17H,10-13H2,1-3H3,(H,23,27)(H,24,26)/t14?,17-,22-/m0/s1. The maximum Gasteiger partial charge on any atom is 0.253 e. The first kappa shape index (κ1) is 18.7. The Hall–Kier alpha value is -2.60. The molecule has 0 radical (unpaired) electrons. The van der Waals surface area contributed by atoms with E-state index in [1.54, 1.807) is 12.1 Å². The first-order valence-electron chi connectivity index (χ1n) is 9.87. The molecule has 2 aliphatic rings. The van der Waals surface area contributed by atoms with Crippen molar-refractivity contribution in [2.75, 3.05) is 25.0 Å². The van der Waals surface area contributed by atoms with Gasteiger partial charge in [0.25, 0.3) is 5.91 Å². The Balaban J connectivity index is 1.47. The zero-order valence-electron chi connectivity index (χ0n) is 16.6. The smallest absolute Gasteiger partial charge is 0.253 e. The number of anilines is 1. The van der Waals surface area contributed by atoms with Crippen LogP contribution < -0.4 is 10.6 Å². The molecule has 0 spiro atoms. The van der Waals surface area contributed by atoms with Gasteiger partial charge >= 0.3 is 0 Å². The molecule has 1 fully saturated rings. The van der Waals surface area contributed by atoms with Gasteiger partial charge in [0, 0.05) is 19.0 Å². The summed E-state index contributed by atoms with van der Waals surface area (Å²) in [6.45, 7) is 8.22. The fraction of sp³-hybridized carbons (Fsp3) is 0.455. The van der Waals surface area contributed by atoms with Crippen molar-refractivity contribution in [1.29, 1.82) is 0 Å². The van der Waals surface area contributed by atoms with Gasteiger partial charge in [-0.1, -0.05) is 19.1 Å². The first-order valence-corrected chi connectivity index (χ1v) is 9.87. The van der Waals surface area contributed by atoms with Crippen molar-refractivity contribution in [2.45, 2.75) is 38.6 Å². The Kier molecular flexibility index (Phi) is 4.75. The van der Waals surface area contributed by atoms with Crippen LogP contribution in [0.25, 0.3) is 0 Å². The zero-order chi connectivity index (χ0) is 19.9. The molecule has 2 N–H and O–H groups in total. The van der Waals surface area contributed by atoms with Crippen LogP contribution in [-0.4, -0.2) is 41.9 Å². The number of aryl methyl sites for hydroxylation is 1. The van der Waals surface area contributed by atoms with Crippen LogP contribution in [0.15, 0.2) is 40.8 Å². The highest BCUT2D eigenvalue weighted by molar-refractivity contribution is 6.06. The molecule has 2 aliphatic heterocycles. The Bertz CT molecular complexity index is 906. The van der Waals surface area contributed by atoms with Crippen molar-refractivity contribution in [2.24, 2.45) is 5.92 Å². The molecule has 0 bridgehead atoms. The number of fused-ring (bicyclic) bond motifs is 2. The van der Waals surface area contributed by atoms with Crippen molar-refractivity contribution in [3.05, 3.63) is 53.5 Å². The van der Waals surface area contributed by atoms with Gasteiger partial charge in [0.05, 0.1) is 22.7 Å². The predicted molar refractivity (Wildman–Crippen MR) is 107 cm³/mol. The van der Waals surface area contributed by atoms with Gasteiger partial charge in [-0.15, -0.1) is 0 Å². The lowest BCUT2D eigenvalue weighted by molar-refractivity contribution is -0.121. The van der Waals surface area contributed by atoms with Gasteiger partial charge in [-0.2, -0.15) is 0 Å². The van der Waals surface area contributed by atoms with Gasteiger partial charge in [0.2, 0.25) is 5.91 Å². The summed E-state index contributed by atoms with van der Waals surface area (Å²) in [5, 5.41) is 6.10. The van der Waals surface area contributed by atoms with E-state index in [4.69, 9.17) is 4.42 Å². The van der Waals surface area contributed by atoms with Crippen LogP contribution in [-0.2, 0) is 4.79 Å². The van der Waals surface area contributed by atoms with E-state index >= 15 is 0 Å². The molecule has 1 unspecified atom stereocenters. The van der Waals surface area contributed by atoms with Gasteiger partial charge in [0.15, 0.2) is 0 Å². The van der Waals surface area contributed by atoms with Crippen molar-refractivity contribution in [3.63, 3.8) is 0 Å². The van der Waals surface area contributed by atoms with Gasteiger partial charge in [-0.05, 0) is 51.1 Å². The highest BCUT2D eigenvalue weighted by Crippen LogP contribution is 2.33. The van der Waals surface area contributed by atoms with Crippen LogP contribution in [0.5, 0.6) is 0 Å². The molecule has 148 valence electrons. The topological polar surface area (TPSA) is 74.6 Å². The molecular weight excluding hydrogens is 354 g/mol. The molecule has 1 aromatic heterocycles. The van der Waals surface area contributed by atoms with E-state index in [9.17, 15) is 9.59 Å². The Morgan fingerprint density at radius 1 is 1.25 bits per heavy atom. The first-order chi connectivity index (χ1) is 13.4.